The molecular formula is C9H13NO. The van der Waals surface area contributed by atoms with Gasteiger partial charge in [-0.15, -0.1) is 0 Å². The summed E-state index contributed by atoms with van der Waals surface area (Å²) in [6.45, 7) is 3.80. The van der Waals surface area contributed by atoms with E-state index in [1.165, 1.54) is 5.56 Å². The van der Waals surface area contributed by atoms with Gasteiger partial charge in [0.15, 0.2) is 0 Å². The van der Waals surface area contributed by atoms with Gasteiger partial charge >= 0.3 is 0 Å². The Morgan fingerprint density at radius 3 is 2.91 bits per heavy atom. The van der Waals surface area contributed by atoms with Crippen molar-refractivity contribution in [3.05, 3.63) is 29.6 Å². The average molecular weight is 151 g/mol. The second-order valence-corrected chi connectivity index (χ2v) is 2.86. The minimum absolute atomic E-state index is 0.268. The van der Waals surface area contributed by atoms with Gasteiger partial charge < -0.3 is 5.11 Å². The maximum Gasteiger partial charge on any atom is 0.0552 e. The highest BCUT2D eigenvalue weighted by atomic mass is 16.3. The van der Waals surface area contributed by atoms with Crippen molar-refractivity contribution in [2.24, 2.45) is 0 Å². The molecule has 2 nitrogen and oxygen atoms in total. The van der Waals surface area contributed by atoms with Crippen LogP contribution in [-0.4, -0.2) is 16.2 Å². The van der Waals surface area contributed by atoms with E-state index in [9.17, 15) is 0 Å². The molecule has 1 atom stereocenters. The number of nitrogens with zero attached hydrogens (tertiary/aromatic N) is 1. The number of hydrogen-bond acceptors (Lipinski definition) is 2. The molecule has 2 heteroatoms. The highest BCUT2D eigenvalue weighted by Crippen LogP contribution is 2.07. The quantitative estimate of drug-likeness (QED) is 0.691. The molecule has 0 unspecified atom stereocenters. The van der Waals surface area contributed by atoms with Crippen LogP contribution in [0.3, 0.4) is 0 Å². The predicted octanol–water partition coefficient (Wildman–Crippen LogP) is 1.31. The number of aliphatic hydroxyl groups excluding tert-OH is 1. The topological polar surface area (TPSA) is 33.1 Å². The Bertz CT molecular complexity index is 233. The molecule has 11 heavy (non-hydrogen) atoms. The van der Waals surface area contributed by atoms with Crippen molar-refractivity contribution in [1.29, 1.82) is 0 Å². The van der Waals surface area contributed by atoms with Crippen LogP contribution in [0.4, 0.5) is 0 Å². The lowest BCUT2D eigenvalue weighted by atomic mass is 10.1. The lowest BCUT2D eigenvalue weighted by Gasteiger charge is -2.05. The van der Waals surface area contributed by atoms with Crippen molar-refractivity contribution in [3.8, 4) is 0 Å². The number of pyridine rings is 1. The van der Waals surface area contributed by atoms with Crippen LogP contribution in [0, 0.1) is 6.92 Å². The molecule has 0 fully saturated rings. The maximum atomic E-state index is 9.11. The first-order valence-electron chi connectivity index (χ1n) is 3.77. The molecule has 0 aliphatic heterocycles. The predicted molar refractivity (Wildman–Crippen MR) is 44.4 cm³/mol. The van der Waals surface area contributed by atoms with Crippen LogP contribution in [0.25, 0.3) is 0 Å². The average Bonchev–Trinajstić information content (AvgIpc) is 1.93. The fourth-order valence-corrected chi connectivity index (χ4v) is 1.05. The summed E-state index contributed by atoms with van der Waals surface area (Å²) in [5.74, 6) is 0. The number of aromatic nitrogens is 1. The highest BCUT2D eigenvalue weighted by molar-refractivity contribution is 5.21. The molecule has 0 saturated heterocycles. The summed E-state index contributed by atoms with van der Waals surface area (Å²) in [7, 11) is 0. The number of aryl methyl sites for hydroxylation is 1. The molecule has 0 spiro atoms. The van der Waals surface area contributed by atoms with E-state index in [1.54, 1.807) is 13.1 Å². The number of hydrogen-bond donors (Lipinski definition) is 1. The van der Waals surface area contributed by atoms with Crippen LogP contribution in [0.15, 0.2) is 18.5 Å². The maximum absolute atomic E-state index is 9.11. The van der Waals surface area contributed by atoms with Crippen LogP contribution in [0.1, 0.15) is 18.1 Å². The van der Waals surface area contributed by atoms with E-state index in [4.69, 9.17) is 5.11 Å². The van der Waals surface area contributed by atoms with Crippen molar-refractivity contribution in [2.45, 2.75) is 26.4 Å². The standard InChI is InChI=1S/C9H13NO/c1-7-6-10-4-3-9(7)5-8(2)11/h3-4,6,8,11H,5H2,1-2H3/t8-/m0/s1. The van der Waals surface area contributed by atoms with Crippen molar-refractivity contribution < 1.29 is 5.11 Å². The van der Waals surface area contributed by atoms with Gasteiger partial charge in [0.25, 0.3) is 0 Å². The molecule has 60 valence electrons. The summed E-state index contributed by atoms with van der Waals surface area (Å²) < 4.78 is 0. The SMILES string of the molecule is Cc1cnccc1C[C@H](C)O. The molecule has 1 aromatic heterocycles. The molecule has 0 saturated carbocycles. The van der Waals surface area contributed by atoms with Gasteiger partial charge in [-0.1, -0.05) is 0 Å². The minimum atomic E-state index is -0.268. The van der Waals surface area contributed by atoms with E-state index >= 15 is 0 Å². The second-order valence-electron chi connectivity index (χ2n) is 2.86. The van der Waals surface area contributed by atoms with Gasteiger partial charge in [-0.25, -0.2) is 0 Å². The van der Waals surface area contributed by atoms with Gasteiger partial charge in [0.2, 0.25) is 0 Å². The fourth-order valence-electron chi connectivity index (χ4n) is 1.05. The van der Waals surface area contributed by atoms with E-state index in [1.807, 2.05) is 19.2 Å². The summed E-state index contributed by atoms with van der Waals surface area (Å²) in [5, 5.41) is 9.11. The largest absolute Gasteiger partial charge is 0.393 e. The van der Waals surface area contributed by atoms with Crippen LogP contribution < -0.4 is 0 Å². The third-order valence-corrected chi connectivity index (χ3v) is 1.65. The zero-order valence-electron chi connectivity index (χ0n) is 6.91. The molecule has 1 rings (SSSR count). The van der Waals surface area contributed by atoms with Crippen molar-refractivity contribution in [1.82, 2.24) is 4.98 Å². The molecular weight excluding hydrogens is 138 g/mol. The Balaban J connectivity index is 2.78. The zero-order chi connectivity index (χ0) is 8.27. The van der Waals surface area contributed by atoms with Crippen molar-refractivity contribution >= 4 is 0 Å². The van der Waals surface area contributed by atoms with E-state index in [0.717, 1.165) is 5.56 Å². The molecule has 0 bridgehead atoms. The Hall–Kier alpha value is -0.890. The van der Waals surface area contributed by atoms with Crippen LogP contribution in [-0.2, 0) is 6.42 Å². The van der Waals surface area contributed by atoms with E-state index in [0.29, 0.717) is 6.42 Å². The molecule has 1 aromatic rings. The van der Waals surface area contributed by atoms with Crippen LogP contribution in [0.5, 0.6) is 0 Å². The number of rotatable bonds is 2. The monoisotopic (exact) mass is 151 g/mol. The van der Waals surface area contributed by atoms with Gasteiger partial charge in [-0.2, -0.15) is 0 Å². The molecule has 0 amide bonds. The summed E-state index contributed by atoms with van der Waals surface area (Å²) >= 11 is 0. The zero-order valence-corrected chi connectivity index (χ0v) is 6.91. The molecule has 1 N–H and O–H groups in total. The second kappa shape index (κ2) is 3.49. The summed E-state index contributed by atoms with van der Waals surface area (Å²) in [6, 6.07) is 1.95. The third kappa shape index (κ3) is 2.31. The highest BCUT2D eigenvalue weighted by Gasteiger charge is 2.00. The van der Waals surface area contributed by atoms with Crippen LogP contribution in [0.2, 0.25) is 0 Å². The van der Waals surface area contributed by atoms with Crippen molar-refractivity contribution in [3.63, 3.8) is 0 Å². The van der Waals surface area contributed by atoms with Gasteiger partial charge in [-0.05, 0) is 37.5 Å². The first kappa shape index (κ1) is 8.21. The van der Waals surface area contributed by atoms with Gasteiger partial charge in [0.05, 0.1) is 6.10 Å². The first-order chi connectivity index (χ1) is 5.20. The third-order valence-electron chi connectivity index (χ3n) is 1.65. The van der Waals surface area contributed by atoms with Gasteiger partial charge in [-0.3, -0.25) is 4.98 Å². The molecule has 0 aliphatic carbocycles. The van der Waals surface area contributed by atoms with E-state index < -0.39 is 0 Å². The first-order valence-corrected chi connectivity index (χ1v) is 3.77. The lowest BCUT2D eigenvalue weighted by Crippen LogP contribution is -2.05. The number of aliphatic hydroxyl groups is 1. The Morgan fingerprint density at radius 2 is 2.36 bits per heavy atom. The van der Waals surface area contributed by atoms with Gasteiger partial charge in [0, 0.05) is 12.4 Å². The summed E-state index contributed by atoms with van der Waals surface area (Å²) in [4.78, 5) is 3.97. The molecule has 0 radical (unpaired) electrons. The molecule has 1 heterocycles. The Kier molecular flexibility index (Phi) is 2.60. The van der Waals surface area contributed by atoms with Crippen molar-refractivity contribution in [2.75, 3.05) is 0 Å². The summed E-state index contributed by atoms with van der Waals surface area (Å²) in [5.41, 5.74) is 2.32. The lowest BCUT2D eigenvalue weighted by molar-refractivity contribution is 0.195. The van der Waals surface area contributed by atoms with Gasteiger partial charge in [0.1, 0.15) is 0 Å². The summed E-state index contributed by atoms with van der Waals surface area (Å²) in [6.07, 6.45) is 4.02. The Morgan fingerprint density at radius 1 is 1.64 bits per heavy atom. The van der Waals surface area contributed by atoms with E-state index in [2.05, 4.69) is 4.98 Å². The fraction of sp³-hybridized carbons (Fsp3) is 0.444. The van der Waals surface area contributed by atoms with E-state index in [-0.39, 0.29) is 6.10 Å². The Labute approximate surface area is 66.9 Å². The molecule has 0 aliphatic rings. The normalized spacial score (nSPS) is 13.0. The minimum Gasteiger partial charge on any atom is -0.393 e. The smallest absolute Gasteiger partial charge is 0.0552 e. The molecule has 0 aromatic carbocycles. The van der Waals surface area contributed by atoms with Crippen LogP contribution >= 0.6 is 0 Å².